The van der Waals surface area contributed by atoms with E-state index in [1.54, 1.807) is 39.3 Å². The van der Waals surface area contributed by atoms with Crippen LogP contribution in [0.1, 0.15) is 21.5 Å². The van der Waals surface area contributed by atoms with Gasteiger partial charge in [-0.25, -0.2) is 12.8 Å². The van der Waals surface area contributed by atoms with Crippen LogP contribution in [0, 0.1) is 12.7 Å². The number of anilines is 1. The standard InChI is InChI=1S/C24H25FN2O5S/c1-16-4-10-21(33(29,30)27-19-7-5-18(25)6-8-19)15-22(16)24(28)26-13-12-17-14-20(31-2)9-11-23(17)32-3/h4-11,14-15,27H,12-13H2,1-3H3,(H,26,28). The SMILES string of the molecule is COc1ccc(OC)c(CCNC(=O)c2cc(S(=O)(=O)Nc3ccc(F)cc3)ccc2C)c1. The molecule has 0 radical (unpaired) electrons. The molecule has 0 aliphatic heterocycles. The Hall–Kier alpha value is -3.59. The van der Waals surface area contributed by atoms with Crippen molar-refractivity contribution in [2.45, 2.75) is 18.2 Å². The predicted octanol–water partition coefficient (Wildman–Crippen LogP) is 3.92. The lowest BCUT2D eigenvalue weighted by atomic mass is 10.1. The first-order valence-electron chi connectivity index (χ1n) is 10.1. The van der Waals surface area contributed by atoms with E-state index in [-0.39, 0.29) is 16.1 Å². The Kier molecular flexibility index (Phi) is 7.55. The highest BCUT2D eigenvalue weighted by atomic mass is 32.2. The summed E-state index contributed by atoms with van der Waals surface area (Å²) >= 11 is 0. The van der Waals surface area contributed by atoms with Crippen LogP contribution in [-0.4, -0.2) is 35.1 Å². The van der Waals surface area contributed by atoms with Crippen LogP contribution in [0.4, 0.5) is 10.1 Å². The van der Waals surface area contributed by atoms with Gasteiger partial charge < -0.3 is 14.8 Å². The monoisotopic (exact) mass is 472 g/mol. The first-order valence-corrected chi connectivity index (χ1v) is 11.6. The number of ether oxygens (including phenoxy) is 2. The molecule has 0 fully saturated rings. The maximum absolute atomic E-state index is 13.1. The summed E-state index contributed by atoms with van der Waals surface area (Å²) in [4.78, 5) is 12.7. The first kappa shape index (κ1) is 24.1. The number of rotatable bonds is 9. The fourth-order valence-corrected chi connectivity index (χ4v) is 4.31. The highest BCUT2D eigenvalue weighted by Gasteiger charge is 2.18. The molecule has 0 spiro atoms. The largest absolute Gasteiger partial charge is 0.497 e. The summed E-state index contributed by atoms with van der Waals surface area (Å²) in [5, 5.41) is 2.82. The molecular formula is C24H25FN2O5S. The highest BCUT2D eigenvalue weighted by molar-refractivity contribution is 7.92. The van der Waals surface area contributed by atoms with Crippen LogP contribution < -0.4 is 19.5 Å². The average molecular weight is 473 g/mol. The predicted molar refractivity (Wildman–Crippen MR) is 124 cm³/mol. The number of carbonyl (C=O) groups is 1. The zero-order valence-electron chi connectivity index (χ0n) is 18.5. The van der Waals surface area contributed by atoms with Crippen molar-refractivity contribution < 1.29 is 27.1 Å². The molecule has 3 aromatic rings. The van der Waals surface area contributed by atoms with Crippen molar-refractivity contribution in [3.8, 4) is 11.5 Å². The normalized spacial score (nSPS) is 11.0. The Morgan fingerprint density at radius 3 is 2.36 bits per heavy atom. The molecule has 0 aliphatic carbocycles. The quantitative estimate of drug-likeness (QED) is 0.492. The number of carbonyl (C=O) groups excluding carboxylic acids is 1. The lowest BCUT2D eigenvalue weighted by Gasteiger charge is -2.13. The van der Waals surface area contributed by atoms with Crippen molar-refractivity contribution in [1.29, 1.82) is 0 Å². The molecule has 1 amide bonds. The lowest BCUT2D eigenvalue weighted by molar-refractivity contribution is 0.0953. The Morgan fingerprint density at radius 2 is 1.70 bits per heavy atom. The van der Waals surface area contributed by atoms with Gasteiger partial charge >= 0.3 is 0 Å². The van der Waals surface area contributed by atoms with E-state index in [1.165, 1.54) is 24.3 Å². The van der Waals surface area contributed by atoms with Crippen LogP contribution in [-0.2, 0) is 16.4 Å². The van der Waals surface area contributed by atoms with Crippen molar-refractivity contribution in [3.05, 3.63) is 83.2 Å². The van der Waals surface area contributed by atoms with Gasteiger partial charge in [0.2, 0.25) is 0 Å². The summed E-state index contributed by atoms with van der Waals surface area (Å²) in [6, 6.07) is 14.7. The van der Waals surface area contributed by atoms with E-state index in [1.807, 2.05) is 6.07 Å². The second-order valence-corrected chi connectivity index (χ2v) is 8.96. The Balaban J connectivity index is 1.72. The summed E-state index contributed by atoms with van der Waals surface area (Å²) in [5.41, 5.74) is 1.96. The third-order valence-electron chi connectivity index (χ3n) is 5.03. The van der Waals surface area contributed by atoms with Crippen molar-refractivity contribution in [2.75, 3.05) is 25.5 Å². The molecule has 2 N–H and O–H groups in total. The van der Waals surface area contributed by atoms with Gasteiger partial charge in [-0.3, -0.25) is 9.52 Å². The molecule has 7 nitrogen and oxygen atoms in total. The first-order chi connectivity index (χ1) is 15.7. The number of hydrogen-bond acceptors (Lipinski definition) is 5. The third-order valence-corrected chi connectivity index (χ3v) is 6.41. The summed E-state index contributed by atoms with van der Waals surface area (Å²) in [5.74, 6) is 0.493. The maximum Gasteiger partial charge on any atom is 0.261 e. The molecule has 0 saturated heterocycles. The van der Waals surface area contributed by atoms with Crippen LogP contribution in [0.5, 0.6) is 11.5 Å². The van der Waals surface area contributed by atoms with Gasteiger partial charge in [0.05, 0.1) is 19.1 Å². The van der Waals surface area contributed by atoms with Crippen LogP contribution in [0.25, 0.3) is 0 Å². The molecule has 0 bridgehead atoms. The van der Waals surface area contributed by atoms with Crippen molar-refractivity contribution in [3.63, 3.8) is 0 Å². The minimum Gasteiger partial charge on any atom is -0.497 e. The van der Waals surface area contributed by atoms with E-state index >= 15 is 0 Å². The van der Waals surface area contributed by atoms with Gasteiger partial charge in [0, 0.05) is 17.8 Å². The van der Waals surface area contributed by atoms with Gasteiger partial charge in [-0.15, -0.1) is 0 Å². The number of halogens is 1. The molecule has 9 heteroatoms. The Labute approximate surface area is 192 Å². The Bertz CT molecular complexity index is 1240. The summed E-state index contributed by atoms with van der Waals surface area (Å²) in [7, 11) is -0.822. The van der Waals surface area contributed by atoms with E-state index in [0.29, 0.717) is 30.0 Å². The number of methoxy groups -OCH3 is 2. The number of benzene rings is 3. The van der Waals surface area contributed by atoms with Crippen LogP contribution in [0.3, 0.4) is 0 Å². The van der Waals surface area contributed by atoms with E-state index in [0.717, 1.165) is 17.7 Å². The molecule has 0 aliphatic rings. The third kappa shape index (κ3) is 6.01. The van der Waals surface area contributed by atoms with Gasteiger partial charge in [-0.2, -0.15) is 0 Å². The van der Waals surface area contributed by atoms with Crippen LogP contribution in [0.2, 0.25) is 0 Å². The Morgan fingerprint density at radius 1 is 0.970 bits per heavy atom. The second kappa shape index (κ2) is 10.4. The lowest BCUT2D eigenvalue weighted by Crippen LogP contribution is -2.27. The molecule has 0 unspecified atom stereocenters. The highest BCUT2D eigenvalue weighted by Crippen LogP contribution is 2.24. The molecule has 33 heavy (non-hydrogen) atoms. The minimum atomic E-state index is -3.96. The fraction of sp³-hybridized carbons (Fsp3) is 0.208. The number of aryl methyl sites for hydroxylation is 1. The van der Waals surface area contributed by atoms with Crippen molar-refractivity contribution in [1.82, 2.24) is 5.32 Å². The summed E-state index contributed by atoms with van der Waals surface area (Å²) in [6.07, 6.45) is 0.495. The smallest absolute Gasteiger partial charge is 0.261 e. The average Bonchev–Trinajstić information content (AvgIpc) is 2.80. The molecule has 0 atom stereocenters. The van der Waals surface area contributed by atoms with Gasteiger partial charge in [0.15, 0.2) is 0 Å². The molecule has 3 rings (SSSR count). The van der Waals surface area contributed by atoms with E-state index < -0.39 is 21.7 Å². The zero-order valence-corrected chi connectivity index (χ0v) is 19.3. The van der Waals surface area contributed by atoms with E-state index in [2.05, 4.69) is 10.0 Å². The summed E-state index contributed by atoms with van der Waals surface area (Å²) < 4.78 is 51.5. The van der Waals surface area contributed by atoms with Crippen LogP contribution in [0.15, 0.2) is 65.6 Å². The zero-order chi connectivity index (χ0) is 24.0. The number of nitrogens with one attached hydrogen (secondary N) is 2. The summed E-state index contributed by atoms with van der Waals surface area (Å²) in [6.45, 7) is 2.04. The fourth-order valence-electron chi connectivity index (χ4n) is 3.23. The molecular weight excluding hydrogens is 447 g/mol. The number of amides is 1. The van der Waals surface area contributed by atoms with Crippen LogP contribution >= 0.6 is 0 Å². The number of sulfonamides is 1. The second-order valence-electron chi connectivity index (χ2n) is 7.27. The van der Waals surface area contributed by atoms with Gasteiger partial charge in [-0.1, -0.05) is 6.07 Å². The van der Waals surface area contributed by atoms with Gasteiger partial charge in [0.1, 0.15) is 17.3 Å². The topological polar surface area (TPSA) is 93.7 Å². The molecule has 0 heterocycles. The van der Waals surface area contributed by atoms with E-state index in [9.17, 15) is 17.6 Å². The molecule has 0 saturated carbocycles. The van der Waals surface area contributed by atoms with E-state index in [4.69, 9.17) is 9.47 Å². The minimum absolute atomic E-state index is 0.0722. The maximum atomic E-state index is 13.1. The van der Waals surface area contributed by atoms with Crippen molar-refractivity contribution >= 4 is 21.6 Å². The molecule has 0 aromatic heterocycles. The number of hydrogen-bond donors (Lipinski definition) is 2. The molecule has 3 aromatic carbocycles. The van der Waals surface area contributed by atoms with Gasteiger partial charge in [0.25, 0.3) is 15.9 Å². The molecule has 174 valence electrons. The van der Waals surface area contributed by atoms with Crippen molar-refractivity contribution in [2.24, 2.45) is 0 Å². The van der Waals surface area contributed by atoms with Gasteiger partial charge in [-0.05, 0) is 79.1 Å².